The Morgan fingerprint density at radius 3 is 2.00 bits per heavy atom. The van der Waals surface area contributed by atoms with Crippen molar-refractivity contribution in [1.82, 2.24) is 0 Å². The Morgan fingerprint density at radius 2 is 1.40 bits per heavy atom. The Labute approximate surface area is 144 Å². The second-order valence-electron chi connectivity index (χ2n) is 6.34. The molecule has 128 valence electrons. The highest BCUT2D eigenvalue weighted by atomic mass is 16.3. The maximum absolute atomic E-state index is 12.7. The van der Waals surface area contributed by atoms with Crippen LogP contribution in [0.25, 0.3) is 0 Å². The number of carbonyl (C=O) groups excluding carboxylic acids is 2. The van der Waals surface area contributed by atoms with Gasteiger partial charge in [0, 0.05) is 13.1 Å². The Balaban J connectivity index is 1.80. The van der Waals surface area contributed by atoms with Crippen LogP contribution >= 0.6 is 0 Å². The fraction of sp³-hybridized carbons (Fsp3) is 0.263. The summed E-state index contributed by atoms with van der Waals surface area (Å²) < 4.78 is 0. The minimum absolute atomic E-state index is 0.0558. The third-order valence-corrected chi connectivity index (χ3v) is 4.82. The predicted molar refractivity (Wildman–Crippen MR) is 93.4 cm³/mol. The summed E-state index contributed by atoms with van der Waals surface area (Å²) >= 11 is 0. The van der Waals surface area contributed by atoms with E-state index >= 15 is 0 Å². The van der Waals surface area contributed by atoms with E-state index in [0.29, 0.717) is 24.2 Å². The summed E-state index contributed by atoms with van der Waals surface area (Å²) in [5, 5.41) is 21.0. The average Bonchev–Trinajstić information content (AvgIpc) is 2.88. The lowest BCUT2D eigenvalue weighted by Crippen LogP contribution is -2.31. The Bertz CT molecular complexity index is 837. The van der Waals surface area contributed by atoms with Crippen LogP contribution in [0.2, 0.25) is 0 Å². The summed E-state index contributed by atoms with van der Waals surface area (Å²) in [5.74, 6) is -1.23. The lowest BCUT2D eigenvalue weighted by Gasteiger charge is -2.31. The standard InChI is InChI=1S/C19H18N2O4/c22-15-9-8-14(17(23)16(15)20-10-4-1-5-11-20)21-18(24)12-6-2-3-7-13(12)19(21)25/h2-3,6-9,22-23H,1,4-5,10-11H2. The van der Waals surface area contributed by atoms with Gasteiger partial charge in [-0.1, -0.05) is 12.1 Å². The fourth-order valence-corrected chi connectivity index (χ4v) is 3.58. The molecule has 2 amide bonds. The molecule has 0 aromatic heterocycles. The molecule has 4 rings (SSSR count). The van der Waals surface area contributed by atoms with Crippen molar-refractivity contribution in [3.8, 4) is 11.5 Å². The number of nitrogens with zero attached hydrogens (tertiary/aromatic N) is 2. The molecule has 0 unspecified atom stereocenters. The summed E-state index contributed by atoms with van der Waals surface area (Å²) in [6.45, 7) is 1.43. The third kappa shape index (κ3) is 2.33. The van der Waals surface area contributed by atoms with Crippen LogP contribution < -0.4 is 9.80 Å². The van der Waals surface area contributed by atoms with E-state index in [0.717, 1.165) is 24.2 Å². The van der Waals surface area contributed by atoms with Crippen LogP contribution in [-0.2, 0) is 0 Å². The molecule has 2 aromatic rings. The van der Waals surface area contributed by atoms with E-state index in [-0.39, 0.29) is 22.9 Å². The van der Waals surface area contributed by atoms with Crippen LogP contribution in [0, 0.1) is 0 Å². The molecule has 2 aromatic carbocycles. The highest BCUT2D eigenvalue weighted by Gasteiger charge is 2.38. The first-order chi connectivity index (χ1) is 12.1. The fourth-order valence-electron chi connectivity index (χ4n) is 3.58. The zero-order valence-corrected chi connectivity index (χ0v) is 13.6. The van der Waals surface area contributed by atoms with Crippen LogP contribution in [0.5, 0.6) is 11.5 Å². The Hall–Kier alpha value is -3.02. The second kappa shape index (κ2) is 5.81. The van der Waals surface area contributed by atoms with Crippen molar-refractivity contribution in [2.24, 2.45) is 0 Å². The number of aromatic hydroxyl groups is 2. The number of hydrogen-bond acceptors (Lipinski definition) is 5. The molecule has 0 radical (unpaired) electrons. The molecular weight excluding hydrogens is 320 g/mol. The largest absolute Gasteiger partial charge is 0.506 e. The number of phenolic OH excluding ortho intramolecular Hbond substituents is 2. The number of phenols is 2. The van der Waals surface area contributed by atoms with Gasteiger partial charge in [0.05, 0.1) is 16.8 Å². The minimum atomic E-state index is -0.466. The van der Waals surface area contributed by atoms with E-state index < -0.39 is 11.8 Å². The topological polar surface area (TPSA) is 81.1 Å². The number of fused-ring (bicyclic) bond motifs is 1. The number of benzene rings is 2. The highest BCUT2D eigenvalue weighted by Crippen LogP contribution is 2.45. The van der Waals surface area contributed by atoms with Crippen LogP contribution in [0.3, 0.4) is 0 Å². The lowest BCUT2D eigenvalue weighted by molar-refractivity contribution is 0.0925. The molecule has 25 heavy (non-hydrogen) atoms. The van der Waals surface area contributed by atoms with Crippen LogP contribution in [0.15, 0.2) is 36.4 Å². The monoisotopic (exact) mass is 338 g/mol. The van der Waals surface area contributed by atoms with Crippen molar-refractivity contribution in [1.29, 1.82) is 0 Å². The van der Waals surface area contributed by atoms with Crippen LogP contribution in [-0.4, -0.2) is 35.1 Å². The Kier molecular flexibility index (Phi) is 3.60. The van der Waals surface area contributed by atoms with Crippen molar-refractivity contribution >= 4 is 23.2 Å². The number of hydrogen-bond donors (Lipinski definition) is 2. The van der Waals surface area contributed by atoms with Gasteiger partial charge in [-0.3, -0.25) is 9.59 Å². The van der Waals surface area contributed by atoms with E-state index in [1.165, 1.54) is 12.1 Å². The number of amides is 2. The van der Waals surface area contributed by atoms with Gasteiger partial charge >= 0.3 is 0 Å². The summed E-state index contributed by atoms with van der Waals surface area (Å²) in [7, 11) is 0. The summed E-state index contributed by atoms with van der Waals surface area (Å²) in [4.78, 5) is 28.2. The van der Waals surface area contributed by atoms with Crippen molar-refractivity contribution in [2.45, 2.75) is 19.3 Å². The maximum atomic E-state index is 12.7. The number of imide groups is 1. The molecule has 0 spiro atoms. The van der Waals surface area contributed by atoms with E-state index in [1.807, 2.05) is 4.90 Å². The van der Waals surface area contributed by atoms with E-state index in [1.54, 1.807) is 24.3 Å². The molecule has 2 aliphatic heterocycles. The molecule has 2 N–H and O–H groups in total. The van der Waals surface area contributed by atoms with E-state index in [4.69, 9.17) is 0 Å². The van der Waals surface area contributed by atoms with Gasteiger partial charge in [-0.25, -0.2) is 4.90 Å². The molecule has 6 nitrogen and oxygen atoms in total. The zero-order chi connectivity index (χ0) is 17.6. The van der Waals surface area contributed by atoms with Gasteiger partial charge in [0.15, 0.2) is 5.75 Å². The van der Waals surface area contributed by atoms with E-state index in [2.05, 4.69) is 0 Å². The molecule has 0 saturated carbocycles. The first-order valence-electron chi connectivity index (χ1n) is 8.37. The van der Waals surface area contributed by atoms with Crippen LogP contribution in [0.1, 0.15) is 40.0 Å². The molecule has 2 aliphatic rings. The second-order valence-corrected chi connectivity index (χ2v) is 6.34. The average molecular weight is 338 g/mol. The molecular formula is C19H18N2O4. The van der Waals surface area contributed by atoms with Gasteiger partial charge in [-0.15, -0.1) is 0 Å². The molecule has 6 heteroatoms. The highest BCUT2D eigenvalue weighted by molar-refractivity contribution is 6.35. The molecule has 0 bridgehead atoms. The first kappa shape index (κ1) is 15.5. The lowest BCUT2D eigenvalue weighted by atomic mass is 10.1. The van der Waals surface area contributed by atoms with Gasteiger partial charge < -0.3 is 15.1 Å². The number of rotatable bonds is 2. The number of anilines is 2. The predicted octanol–water partition coefficient (Wildman–Crippen LogP) is 2.89. The van der Waals surface area contributed by atoms with Gasteiger partial charge in [0.25, 0.3) is 11.8 Å². The molecule has 0 aliphatic carbocycles. The molecule has 2 heterocycles. The SMILES string of the molecule is O=C1c2ccccc2C(=O)N1c1ccc(O)c(N2CCCCC2)c1O. The van der Waals surface area contributed by atoms with E-state index in [9.17, 15) is 19.8 Å². The number of piperidine rings is 1. The normalized spacial score (nSPS) is 17.1. The van der Waals surface area contributed by atoms with Crippen molar-refractivity contribution in [3.63, 3.8) is 0 Å². The quantitative estimate of drug-likeness (QED) is 0.823. The maximum Gasteiger partial charge on any atom is 0.266 e. The summed E-state index contributed by atoms with van der Waals surface area (Å²) in [6.07, 6.45) is 3.04. The molecule has 0 atom stereocenters. The van der Waals surface area contributed by atoms with Crippen LogP contribution in [0.4, 0.5) is 11.4 Å². The van der Waals surface area contributed by atoms with Gasteiger partial charge in [-0.2, -0.15) is 0 Å². The minimum Gasteiger partial charge on any atom is -0.506 e. The van der Waals surface area contributed by atoms with Gasteiger partial charge in [0.1, 0.15) is 11.4 Å². The zero-order valence-electron chi connectivity index (χ0n) is 13.6. The molecule has 1 saturated heterocycles. The van der Waals surface area contributed by atoms with Crippen molar-refractivity contribution in [2.75, 3.05) is 22.9 Å². The smallest absolute Gasteiger partial charge is 0.266 e. The van der Waals surface area contributed by atoms with Gasteiger partial charge in [0.2, 0.25) is 0 Å². The summed E-state index contributed by atoms with van der Waals surface area (Å²) in [5.41, 5.74) is 1.03. The van der Waals surface area contributed by atoms with Gasteiger partial charge in [-0.05, 0) is 43.5 Å². The van der Waals surface area contributed by atoms with Crippen molar-refractivity contribution < 1.29 is 19.8 Å². The third-order valence-electron chi connectivity index (χ3n) is 4.82. The number of carbonyl (C=O) groups is 2. The first-order valence-corrected chi connectivity index (χ1v) is 8.37. The van der Waals surface area contributed by atoms with Crippen molar-refractivity contribution in [3.05, 3.63) is 47.5 Å². The summed E-state index contributed by atoms with van der Waals surface area (Å²) in [6, 6.07) is 9.41. The molecule has 1 fully saturated rings. The Morgan fingerprint density at radius 1 is 0.800 bits per heavy atom.